The highest BCUT2D eigenvalue weighted by molar-refractivity contribution is 5.91. The van der Waals surface area contributed by atoms with Crippen LogP contribution in [0.15, 0.2) is 39.7 Å². The highest BCUT2D eigenvalue weighted by Crippen LogP contribution is 2.43. The third-order valence-electron chi connectivity index (χ3n) is 5.75. The zero-order valence-electron chi connectivity index (χ0n) is 18.6. The molecule has 0 unspecified atom stereocenters. The molecule has 1 fully saturated rings. The van der Waals surface area contributed by atoms with Gasteiger partial charge in [0, 0.05) is 6.07 Å². The zero-order valence-corrected chi connectivity index (χ0v) is 18.6. The summed E-state index contributed by atoms with van der Waals surface area (Å²) in [5, 5.41) is 60.2. The number of aliphatic hydroxyl groups is 4. The molecule has 0 aliphatic carbocycles. The van der Waals surface area contributed by atoms with Crippen LogP contribution >= 0.6 is 0 Å². The van der Waals surface area contributed by atoms with Gasteiger partial charge in [0.05, 0.1) is 26.4 Å². The standard InChI is InChI=1S/C23H24O12/c1-31-12-4-3-9(5-11(12)25)10-8-33-13-6-14(22(32-2)19(28)16(13)17(10)26)34-23-21(30)20(29)18(27)15(7-24)35-23/h3-6,8,15,18,20-21,23-25,27-30H,7H2,1-2H3/t15-,18+,20-,21-,23+/m1/s1. The summed E-state index contributed by atoms with van der Waals surface area (Å²) in [4.78, 5) is 13.2. The first-order valence-corrected chi connectivity index (χ1v) is 10.4. The largest absolute Gasteiger partial charge is 0.504 e. The first-order valence-electron chi connectivity index (χ1n) is 10.4. The molecule has 12 nitrogen and oxygen atoms in total. The maximum atomic E-state index is 13.2. The number of phenolic OH excluding ortho intramolecular Hbond substituents is 2. The second-order valence-corrected chi connectivity index (χ2v) is 7.81. The number of ether oxygens (including phenoxy) is 4. The SMILES string of the molecule is COc1ccc(-c2coc3cc(O[C@H]4O[C@H](CO)[C@H](O)[C@@H](O)[C@H]4O)c(OC)c(O)c3c2=O)cc1O. The summed E-state index contributed by atoms with van der Waals surface area (Å²) in [5.74, 6) is -1.12. The summed E-state index contributed by atoms with van der Waals surface area (Å²) in [5.41, 5.74) is -0.394. The fourth-order valence-corrected chi connectivity index (χ4v) is 3.86. The average molecular weight is 492 g/mol. The molecule has 2 aromatic carbocycles. The predicted molar refractivity (Wildman–Crippen MR) is 119 cm³/mol. The molecule has 12 heteroatoms. The molecular formula is C23H24O12. The van der Waals surface area contributed by atoms with E-state index >= 15 is 0 Å². The highest BCUT2D eigenvalue weighted by atomic mass is 16.7. The molecule has 0 bridgehead atoms. The number of hydrogen-bond donors (Lipinski definition) is 6. The lowest BCUT2D eigenvalue weighted by atomic mass is 9.99. The Balaban J connectivity index is 1.77. The lowest BCUT2D eigenvalue weighted by molar-refractivity contribution is -0.277. The van der Waals surface area contributed by atoms with Gasteiger partial charge in [0.15, 0.2) is 23.0 Å². The summed E-state index contributed by atoms with van der Waals surface area (Å²) in [6.45, 7) is -0.663. The summed E-state index contributed by atoms with van der Waals surface area (Å²) in [6, 6.07) is 5.52. The molecule has 5 atom stereocenters. The number of aromatic hydroxyl groups is 2. The van der Waals surface area contributed by atoms with Gasteiger partial charge < -0.3 is 54.0 Å². The number of methoxy groups -OCH3 is 2. The van der Waals surface area contributed by atoms with Gasteiger partial charge in [-0.1, -0.05) is 6.07 Å². The van der Waals surface area contributed by atoms with E-state index in [0.717, 1.165) is 6.26 Å². The van der Waals surface area contributed by atoms with Gasteiger partial charge in [-0.2, -0.15) is 0 Å². The third-order valence-corrected chi connectivity index (χ3v) is 5.75. The summed E-state index contributed by atoms with van der Waals surface area (Å²) < 4.78 is 26.7. The quantitative estimate of drug-likeness (QED) is 0.272. The number of fused-ring (bicyclic) bond motifs is 1. The van der Waals surface area contributed by atoms with E-state index in [1.807, 2.05) is 0 Å². The van der Waals surface area contributed by atoms with Crippen molar-refractivity contribution in [1.82, 2.24) is 0 Å². The van der Waals surface area contributed by atoms with Gasteiger partial charge in [-0.05, 0) is 17.7 Å². The van der Waals surface area contributed by atoms with E-state index < -0.39 is 48.5 Å². The Bertz CT molecular complexity index is 1280. The smallest absolute Gasteiger partial charge is 0.229 e. The molecule has 35 heavy (non-hydrogen) atoms. The topological polar surface area (TPSA) is 189 Å². The van der Waals surface area contributed by atoms with Crippen molar-refractivity contribution in [2.24, 2.45) is 0 Å². The van der Waals surface area contributed by atoms with Crippen LogP contribution in [0.1, 0.15) is 0 Å². The van der Waals surface area contributed by atoms with Gasteiger partial charge in [-0.15, -0.1) is 0 Å². The Kier molecular flexibility index (Phi) is 6.74. The first kappa shape index (κ1) is 24.6. The van der Waals surface area contributed by atoms with Gasteiger partial charge in [0.1, 0.15) is 41.6 Å². The Labute approximate surface area is 197 Å². The van der Waals surface area contributed by atoms with Crippen LogP contribution in [0.2, 0.25) is 0 Å². The molecule has 0 saturated carbocycles. The maximum Gasteiger partial charge on any atom is 0.229 e. The molecule has 1 aliphatic rings. The molecule has 6 N–H and O–H groups in total. The molecule has 1 aromatic heterocycles. The van der Waals surface area contributed by atoms with Crippen LogP contribution in [0.5, 0.6) is 28.7 Å². The van der Waals surface area contributed by atoms with Gasteiger partial charge in [0.25, 0.3) is 0 Å². The van der Waals surface area contributed by atoms with E-state index in [0.29, 0.717) is 5.56 Å². The molecule has 3 aromatic rings. The zero-order chi connectivity index (χ0) is 25.4. The maximum absolute atomic E-state index is 13.2. The minimum Gasteiger partial charge on any atom is -0.504 e. The van der Waals surface area contributed by atoms with Crippen LogP contribution in [0, 0.1) is 0 Å². The summed E-state index contributed by atoms with van der Waals surface area (Å²) in [7, 11) is 2.58. The van der Waals surface area contributed by atoms with Crippen molar-refractivity contribution >= 4 is 11.0 Å². The van der Waals surface area contributed by atoms with E-state index in [1.165, 1.54) is 38.5 Å². The van der Waals surface area contributed by atoms with Crippen LogP contribution in [0.25, 0.3) is 22.1 Å². The Morgan fingerprint density at radius 1 is 0.971 bits per heavy atom. The van der Waals surface area contributed by atoms with Crippen LogP contribution < -0.4 is 19.6 Å². The van der Waals surface area contributed by atoms with E-state index in [1.54, 1.807) is 0 Å². The molecule has 2 heterocycles. The van der Waals surface area contributed by atoms with E-state index in [9.17, 15) is 35.4 Å². The van der Waals surface area contributed by atoms with Crippen molar-refractivity contribution < 1.29 is 54.0 Å². The monoisotopic (exact) mass is 492 g/mol. The predicted octanol–water partition coefficient (Wildman–Crippen LogP) is 0.0671. The number of phenols is 2. The van der Waals surface area contributed by atoms with Gasteiger partial charge in [0.2, 0.25) is 17.5 Å². The van der Waals surface area contributed by atoms with Crippen LogP contribution in [0.3, 0.4) is 0 Å². The molecule has 1 saturated heterocycles. The van der Waals surface area contributed by atoms with Gasteiger partial charge in [-0.25, -0.2) is 0 Å². The Morgan fingerprint density at radius 3 is 2.34 bits per heavy atom. The van der Waals surface area contributed by atoms with E-state index in [2.05, 4.69) is 0 Å². The average Bonchev–Trinajstić information content (AvgIpc) is 2.84. The molecule has 4 rings (SSSR count). The van der Waals surface area contributed by atoms with Crippen molar-refractivity contribution in [2.45, 2.75) is 30.7 Å². The number of hydrogen-bond acceptors (Lipinski definition) is 12. The fourth-order valence-electron chi connectivity index (χ4n) is 3.86. The molecule has 188 valence electrons. The third kappa shape index (κ3) is 4.22. The van der Waals surface area contributed by atoms with Crippen LogP contribution in [0.4, 0.5) is 0 Å². The van der Waals surface area contributed by atoms with Crippen LogP contribution in [-0.2, 0) is 4.74 Å². The van der Waals surface area contributed by atoms with Crippen LogP contribution in [-0.4, -0.2) is 82.2 Å². The van der Waals surface area contributed by atoms with Gasteiger partial charge >= 0.3 is 0 Å². The number of rotatable bonds is 6. The first-order chi connectivity index (χ1) is 16.7. The van der Waals surface area contributed by atoms with Crippen molar-refractivity contribution in [3.63, 3.8) is 0 Å². The van der Waals surface area contributed by atoms with Crippen molar-refractivity contribution in [3.8, 4) is 39.9 Å². The lowest BCUT2D eigenvalue weighted by Gasteiger charge is -2.39. The van der Waals surface area contributed by atoms with Crippen molar-refractivity contribution in [1.29, 1.82) is 0 Å². The second-order valence-electron chi connectivity index (χ2n) is 7.81. The van der Waals surface area contributed by atoms with Gasteiger partial charge in [-0.3, -0.25) is 4.79 Å². The minimum absolute atomic E-state index is 0.0374. The second kappa shape index (κ2) is 9.60. The molecule has 0 spiro atoms. The minimum atomic E-state index is -1.72. The molecule has 0 radical (unpaired) electrons. The summed E-state index contributed by atoms with van der Waals surface area (Å²) >= 11 is 0. The lowest BCUT2D eigenvalue weighted by Crippen LogP contribution is -2.60. The molecular weight excluding hydrogens is 468 g/mol. The summed E-state index contributed by atoms with van der Waals surface area (Å²) in [6.07, 6.45) is -6.64. The van der Waals surface area contributed by atoms with Crippen molar-refractivity contribution in [3.05, 3.63) is 40.8 Å². The fraction of sp³-hybridized carbons (Fsp3) is 0.348. The van der Waals surface area contributed by atoms with Crippen molar-refractivity contribution in [2.75, 3.05) is 20.8 Å². The van der Waals surface area contributed by atoms with E-state index in [4.69, 9.17) is 23.4 Å². The number of benzene rings is 2. The van der Waals surface area contributed by atoms with E-state index in [-0.39, 0.29) is 39.5 Å². The normalized spacial score (nSPS) is 24.3. The Morgan fingerprint density at radius 2 is 1.71 bits per heavy atom. The molecule has 0 amide bonds. The Hall–Kier alpha value is -3.55. The number of aliphatic hydroxyl groups excluding tert-OH is 4. The highest BCUT2D eigenvalue weighted by Gasteiger charge is 2.45. The molecule has 1 aliphatic heterocycles.